The SMILES string of the molecule is CNCc1cc(Br)cnc1OC1CC2CCC1(C)C2(C)C. The van der Waals surface area contributed by atoms with Gasteiger partial charge in [0.05, 0.1) is 0 Å². The summed E-state index contributed by atoms with van der Waals surface area (Å²) in [5.74, 6) is 1.58. The quantitative estimate of drug-likeness (QED) is 0.883. The van der Waals surface area contributed by atoms with Gasteiger partial charge in [0.25, 0.3) is 0 Å². The highest BCUT2D eigenvalue weighted by atomic mass is 79.9. The summed E-state index contributed by atoms with van der Waals surface area (Å²) in [6.45, 7) is 8.01. The van der Waals surface area contributed by atoms with E-state index in [-0.39, 0.29) is 11.5 Å². The summed E-state index contributed by atoms with van der Waals surface area (Å²) in [7, 11) is 1.95. The smallest absolute Gasteiger partial charge is 0.218 e. The molecule has 2 aliphatic carbocycles. The third-order valence-electron chi connectivity index (χ3n) is 6.23. The first-order chi connectivity index (χ1) is 9.88. The molecule has 0 aliphatic heterocycles. The minimum atomic E-state index is 0.267. The van der Waals surface area contributed by atoms with Crippen LogP contribution in [-0.4, -0.2) is 18.1 Å². The molecule has 0 radical (unpaired) electrons. The Balaban J connectivity index is 1.85. The molecular weight excluding hydrogens is 328 g/mol. The van der Waals surface area contributed by atoms with Gasteiger partial charge in [-0.1, -0.05) is 20.8 Å². The highest BCUT2D eigenvalue weighted by molar-refractivity contribution is 9.10. The van der Waals surface area contributed by atoms with Crippen molar-refractivity contribution in [3.63, 3.8) is 0 Å². The van der Waals surface area contributed by atoms with Crippen LogP contribution in [0.4, 0.5) is 0 Å². The van der Waals surface area contributed by atoms with Crippen molar-refractivity contribution < 1.29 is 4.74 Å². The van der Waals surface area contributed by atoms with E-state index in [1.54, 1.807) is 0 Å². The minimum absolute atomic E-state index is 0.267. The van der Waals surface area contributed by atoms with E-state index in [4.69, 9.17) is 4.74 Å². The Morgan fingerprint density at radius 1 is 1.43 bits per heavy atom. The molecule has 3 nitrogen and oxygen atoms in total. The van der Waals surface area contributed by atoms with Crippen LogP contribution in [0.1, 0.15) is 45.6 Å². The van der Waals surface area contributed by atoms with Crippen molar-refractivity contribution in [3.05, 3.63) is 22.3 Å². The normalized spacial score (nSPS) is 33.4. The van der Waals surface area contributed by atoms with Gasteiger partial charge >= 0.3 is 0 Å². The third-order valence-corrected chi connectivity index (χ3v) is 6.66. The largest absolute Gasteiger partial charge is 0.474 e. The van der Waals surface area contributed by atoms with Crippen molar-refractivity contribution in [2.24, 2.45) is 16.7 Å². The van der Waals surface area contributed by atoms with Gasteiger partial charge in [0, 0.05) is 28.2 Å². The molecule has 4 heteroatoms. The average molecular weight is 353 g/mol. The second-order valence-corrected chi connectivity index (χ2v) is 8.28. The van der Waals surface area contributed by atoms with Crippen molar-refractivity contribution in [1.82, 2.24) is 10.3 Å². The number of hydrogen-bond donors (Lipinski definition) is 1. The van der Waals surface area contributed by atoms with Crippen molar-refractivity contribution >= 4 is 15.9 Å². The predicted molar refractivity (Wildman–Crippen MR) is 88.3 cm³/mol. The van der Waals surface area contributed by atoms with Crippen molar-refractivity contribution in [2.75, 3.05) is 7.05 Å². The third kappa shape index (κ3) is 2.31. The molecule has 1 aromatic heterocycles. The molecule has 0 aromatic carbocycles. The first kappa shape index (κ1) is 15.3. The van der Waals surface area contributed by atoms with Crippen LogP contribution < -0.4 is 10.1 Å². The Morgan fingerprint density at radius 2 is 2.19 bits per heavy atom. The molecule has 2 fully saturated rings. The van der Waals surface area contributed by atoms with Crippen LogP contribution in [0.3, 0.4) is 0 Å². The number of nitrogens with one attached hydrogen (secondary N) is 1. The second-order valence-electron chi connectivity index (χ2n) is 7.37. The number of hydrogen-bond acceptors (Lipinski definition) is 3. The van der Waals surface area contributed by atoms with Crippen molar-refractivity contribution in [3.8, 4) is 5.88 Å². The molecule has 1 aromatic rings. The van der Waals surface area contributed by atoms with Crippen LogP contribution in [0.25, 0.3) is 0 Å². The lowest BCUT2D eigenvalue weighted by Gasteiger charge is -2.38. The molecule has 0 amide bonds. The van der Waals surface area contributed by atoms with Crippen LogP contribution in [0.2, 0.25) is 0 Å². The Morgan fingerprint density at radius 3 is 2.76 bits per heavy atom. The number of nitrogens with zero attached hydrogens (tertiary/aromatic N) is 1. The van der Waals surface area contributed by atoms with E-state index in [0.29, 0.717) is 5.41 Å². The zero-order valence-corrected chi connectivity index (χ0v) is 15.0. The van der Waals surface area contributed by atoms with Crippen molar-refractivity contribution in [1.29, 1.82) is 0 Å². The highest BCUT2D eigenvalue weighted by Gasteiger charge is 2.62. The van der Waals surface area contributed by atoms with E-state index in [1.807, 2.05) is 13.2 Å². The van der Waals surface area contributed by atoms with Crippen LogP contribution in [0.15, 0.2) is 16.7 Å². The van der Waals surface area contributed by atoms with E-state index in [2.05, 4.69) is 53.1 Å². The monoisotopic (exact) mass is 352 g/mol. The summed E-state index contributed by atoms with van der Waals surface area (Å²) in [6, 6.07) is 2.10. The van der Waals surface area contributed by atoms with E-state index >= 15 is 0 Å². The van der Waals surface area contributed by atoms with Crippen LogP contribution in [0, 0.1) is 16.7 Å². The molecular formula is C17H25BrN2O. The Labute approximate surface area is 136 Å². The maximum atomic E-state index is 6.41. The summed E-state index contributed by atoms with van der Waals surface area (Å²) < 4.78 is 7.41. The van der Waals surface area contributed by atoms with E-state index in [9.17, 15) is 0 Å². The fourth-order valence-electron chi connectivity index (χ4n) is 4.34. The molecule has 2 aliphatic rings. The zero-order valence-electron chi connectivity index (χ0n) is 13.4. The summed E-state index contributed by atoms with van der Waals surface area (Å²) in [5, 5.41) is 3.20. The van der Waals surface area contributed by atoms with Gasteiger partial charge in [-0.15, -0.1) is 0 Å². The number of ether oxygens (including phenoxy) is 1. The Bertz CT molecular complexity index is 546. The lowest BCUT2D eigenvalue weighted by Crippen LogP contribution is -2.39. The topological polar surface area (TPSA) is 34.2 Å². The van der Waals surface area contributed by atoms with Gasteiger partial charge in [0.1, 0.15) is 6.10 Å². The van der Waals surface area contributed by atoms with Gasteiger partial charge in [-0.2, -0.15) is 0 Å². The van der Waals surface area contributed by atoms with Crippen LogP contribution >= 0.6 is 15.9 Å². The molecule has 3 rings (SSSR count). The summed E-state index contributed by atoms with van der Waals surface area (Å²) in [6.07, 6.45) is 5.90. The lowest BCUT2D eigenvalue weighted by atomic mass is 9.70. The lowest BCUT2D eigenvalue weighted by molar-refractivity contribution is 0.0266. The van der Waals surface area contributed by atoms with E-state index in [1.165, 1.54) is 19.3 Å². The van der Waals surface area contributed by atoms with E-state index < -0.39 is 0 Å². The minimum Gasteiger partial charge on any atom is -0.474 e. The standard InChI is InChI=1S/C17H25BrN2O/c1-16(2)12-5-6-17(16,3)14(8-12)21-15-11(9-19-4)7-13(18)10-20-15/h7,10,12,14,19H,5-6,8-9H2,1-4H3. The molecule has 1 heterocycles. The van der Waals surface area contributed by atoms with Gasteiger partial charge in [0.15, 0.2) is 0 Å². The second kappa shape index (κ2) is 5.24. The number of halogens is 1. The predicted octanol–water partition coefficient (Wildman–Crippen LogP) is 4.16. The summed E-state index contributed by atoms with van der Waals surface area (Å²) >= 11 is 3.49. The molecule has 0 spiro atoms. The summed E-state index contributed by atoms with van der Waals surface area (Å²) in [4.78, 5) is 4.51. The fraction of sp³-hybridized carbons (Fsp3) is 0.706. The first-order valence-electron chi connectivity index (χ1n) is 7.84. The maximum Gasteiger partial charge on any atom is 0.218 e. The van der Waals surface area contributed by atoms with Gasteiger partial charge < -0.3 is 10.1 Å². The molecule has 0 saturated heterocycles. The van der Waals surface area contributed by atoms with Gasteiger partial charge in [-0.25, -0.2) is 4.98 Å². The number of pyridine rings is 1. The molecule has 116 valence electrons. The molecule has 3 atom stereocenters. The fourth-order valence-corrected chi connectivity index (χ4v) is 4.71. The number of rotatable bonds is 4. The van der Waals surface area contributed by atoms with Gasteiger partial charge in [0.2, 0.25) is 5.88 Å². The summed E-state index contributed by atoms with van der Waals surface area (Å²) in [5.41, 5.74) is 1.76. The molecule has 1 N–H and O–H groups in total. The molecule has 2 bridgehead atoms. The van der Waals surface area contributed by atoms with Crippen LogP contribution in [-0.2, 0) is 6.54 Å². The molecule has 21 heavy (non-hydrogen) atoms. The number of fused-ring (bicyclic) bond motifs is 2. The van der Waals surface area contributed by atoms with E-state index in [0.717, 1.165) is 28.4 Å². The van der Waals surface area contributed by atoms with Crippen molar-refractivity contribution in [2.45, 2.75) is 52.7 Å². The Kier molecular flexibility index (Phi) is 3.81. The number of aromatic nitrogens is 1. The highest BCUT2D eigenvalue weighted by Crippen LogP contribution is 2.66. The molecule has 3 unspecified atom stereocenters. The van der Waals surface area contributed by atoms with Gasteiger partial charge in [-0.3, -0.25) is 0 Å². The Hall–Kier alpha value is -0.610. The van der Waals surface area contributed by atoms with Gasteiger partial charge in [-0.05, 0) is 59.6 Å². The zero-order chi connectivity index (χ0) is 15.3. The van der Waals surface area contributed by atoms with Crippen LogP contribution in [0.5, 0.6) is 5.88 Å². The molecule has 2 saturated carbocycles. The average Bonchev–Trinajstić information content (AvgIpc) is 2.75. The maximum absolute atomic E-state index is 6.41. The first-order valence-corrected chi connectivity index (χ1v) is 8.63.